The number of aryl methyl sites for hydroxylation is 1. The average Bonchev–Trinajstić information content (AvgIpc) is 3.57. The molecule has 1 aliphatic heterocycles. The van der Waals surface area contributed by atoms with E-state index in [1.54, 1.807) is 4.68 Å². The Kier molecular flexibility index (Phi) is 7.52. The zero-order valence-corrected chi connectivity index (χ0v) is 25.0. The van der Waals surface area contributed by atoms with E-state index in [4.69, 9.17) is 19.7 Å². The molecule has 42 heavy (non-hydrogen) atoms. The summed E-state index contributed by atoms with van der Waals surface area (Å²) in [6.45, 7) is 7.61. The van der Waals surface area contributed by atoms with E-state index in [9.17, 15) is 0 Å². The van der Waals surface area contributed by atoms with Crippen molar-refractivity contribution in [3.8, 4) is 11.6 Å². The summed E-state index contributed by atoms with van der Waals surface area (Å²) >= 11 is 0. The van der Waals surface area contributed by atoms with Gasteiger partial charge in [-0.3, -0.25) is 0 Å². The van der Waals surface area contributed by atoms with Crippen molar-refractivity contribution in [2.24, 2.45) is 24.8 Å². The number of hydrogen-bond donors (Lipinski definition) is 1. The van der Waals surface area contributed by atoms with Crippen LogP contribution in [-0.2, 0) is 18.3 Å². The van der Waals surface area contributed by atoms with Crippen LogP contribution in [-0.4, -0.2) is 65.5 Å². The topological polar surface area (TPSA) is 112 Å². The summed E-state index contributed by atoms with van der Waals surface area (Å²) in [7, 11) is 1.82. The average molecular weight is 571 g/mol. The number of rotatable bonds is 8. The van der Waals surface area contributed by atoms with Gasteiger partial charge in [0.25, 0.3) is 0 Å². The molecular formula is C31H42N10O. The van der Waals surface area contributed by atoms with Gasteiger partial charge in [-0.15, -0.1) is 5.10 Å². The number of fused-ring (bicyclic) bond motifs is 1. The van der Waals surface area contributed by atoms with E-state index in [-0.39, 0.29) is 6.04 Å². The van der Waals surface area contributed by atoms with E-state index < -0.39 is 0 Å². The second-order valence-electron chi connectivity index (χ2n) is 12.7. The molecule has 2 saturated carbocycles. The largest absolute Gasteiger partial charge is 0.377 e. The molecule has 3 aromatic heterocycles. The van der Waals surface area contributed by atoms with Crippen LogP contribution in [0.25, 0.3) is 22.8 Å². The van der Waals surface area contributed by atoms with Crippen LogP contribution in [0.1, 0.15) is 70.4 Å². The lowest BCUT2D eigenvalue weighted by molar-refractivity contribution is 0.0927. The fourth-order valence-electron chi connectivity index (χ4n) is 6.87. The normalized spacial score (nSPS) is 24.1. The Morgan fingerprint density at radius 2 is 1.83 bits per heavy atom. The molecule has 0 unspecified atom stereocenters. The van der Waals surface area contributed by atoms with Crippen molar-refractivity contribution in [2.75, 3.05) is 30.0 Å². The summed E-state index contributed by atoms with van der Waals surface area (Å²) in [5.74, 6) is 4.83. The third kappa shape index (κ3) is 5.23. The molecule has 0 bridgehead atoms. The van der Waals surface area contributed by atoms with Crippen molar-refractivity contribution in [2.45, 2.75) is 77.4 Å². The van der Waals surface area contributed by atoms with Gasteiger partial charge in [0.15, 0.2) is 11.5 Å². The third-order valence-corrected chi connectivity index (χ3v) is 9.77. The molecule has 4 heterocycles. The predicted molar refractivity (Wildman–Crippen MR) is 162 cm³/mol. The molecule has 1 aromatic carbocycles. The summed E-state index contributed by atoms with van der Waals surface area (Å²) in [4.78, 5) is 17.8. The quantitative estimate of drug-likeness (QED) is 0.312. The lowest BCUT2D eigenvalue weighted by Gasteiger charge is -2.37. The Morgan fingerprint density at radius 1 is 1.02 bits per heavy atom. The third-order valence-electron chi connectivity index (χ3n) is 9.77. The maximum Gasteiger partial charge on any atom is 0.219 e. The van der Waals surface area contributed by atoms with Crippen molar-refractivity contribution in [3.63, 3.8) is 0 Å². The summed E-state index contributed by atoms with van der Waals surface area (Å²) in [6.07, 6.45) is 8.82. The van der Waals surface area contributed by atoms with Crippen LogP contribution in [0.4, 0.5) is 11.8 Å². The van der Waals surface area contributed by atoms with Crippen molar-refractivity contribution < 1.29 is 4.74 Å². The van der Waals surface area contributed by atoms with Crippen LogP contribution >= 0.6 is 0 Å². The highest BCUT2D eigenvalue weighted by Gasteiger charge is 2.33. The van der Waals surface area contributed by atoms with E-state index in [1.807, 2.05) is 7.05 Å². The number of tetrazole rings is 1. The molecule has 11 nitrogen and oxygen atoms in total. The number of nitrogens with zero attached hydrogens (tertiary/aromatic N) is 9. The molecule has 7 rings (SSSR count). The number of imidazole rings is 1. The van der Waals surface area contributed by atoms with Crippen LogP contribution in [0.3, 0.4) is 0 Å². The zero-order chi connectivity index (χ0) is 28.6. The summed E-state index contributed by atoms with van der Waals surface area (Å²) in [5, 5.41) is 16.0. The van der Waals surface area contributed by atoms with Gasteiger partial charge in [-0.1, -0.05) is 56.5 Å². The summed E-state index contributed by atoms with van der Waals surface area (Å²) in [6, 6.07) is 11.0. The van der Waals surface area contributed by atoms with Crippen LogP contribution in [0.2, 0.25) is 0 Å². The van der Waals surface area contributed by atoms with Gasteiger partial charge in [-0.05, 0) is 66.4 Å². The van der Waals surface area contributed by atoms with Crippen LogP contribution in [0.15, 0.2) is 30.3 Å². The summed E-state index contributed by atoms with van der Waals surface area (Å²) < 4.78 is 10.1. The van der Waals surface area contributed by atoms with Gasteiger partial charge < -0.3 is 19.5 Å². The van der Waals surface area contributed by atoms with Crippen LogP contribution in [0, 0.1) is 17.8 Å². The summed E-state index contributed by atoms with van der Waals surface area (Å²) in [5.41, 5.74) is 2.90. The fourth-order valence-corrected chi connectivity index (χ4v) is 6.87. The van der Waals surface area contributed by atoms with Crippen LogP contribution in [0.5, 0.6) is 0 Å². The first-order chi connectivity index (χ1) is 20.5. The maximum absolute atomic E-state index is 6.02. The monoisotopic (exact) mass is 570 g/mol. The van der Waals surface area contributed by atoms with Crippen molar-refractivity contribution in [1.82, 2.24) is 39.7 Å². The molecule has 0 spiro atoms. The number of morpholine rings is 1. The van der Waals surface area contributed by atoms with E-state index in [0.717, 1.165) is 36.3 Å². The Balaban J connectivity index is 1.38. The molecule has 11 heteroatoms. The minimum atomic E-state index is 0.0718. The van der Waals surface area contributed by atoms with E-state index >= 15 is 0 Å². The lowest BCUT2D eigenvalue weighted by atomic mass is 9.80. The van der Waals surface area contributed by atoms with Crippen molar-refractivity contribution >= 4 is 22.9 Å². The lowest BCUT2D eigenvalue weighted by Crippen LogP contribution is -2.41. The Labute approximate surface area is 247 Å². The number of anilines is 2. The van der Waals surface area contributed by atoms with Gasteiger partial charge in [0.05, 0.1) is 19.3 Å². The SMILES string of the molecule is C[C@@H](Nc1nc(-c2nnnn2C)nc2nc(N3CCOC[C@H]3c3ccccc3)n(C[C@H]3CC[C@H](C)CC3)c12)C1CCC1. The molecule has 2 atom stereocenters. The molecule has 2 aliphatic carbocycles. The molecule has 0 radical (unpaired) electrons. The molecule has 1 N–H and O–H groups in total. The van der Waals surface area contributed by atoms with E-state index in [0.29, 0.717) is 48.4 Å². The van der Waals surface area contributed by atoms with Gasteiger partial charge in [0.1, 0.15) is 5.52 Å². The smallest absolute Gasteiger partial charge is 0.219 e. The molecular weight excluding hydrogens is 528 g/mol. The molecule has 1 saturated heterocycles. The zero-order valence-electron chi connectivity index (χ0n) is 25.0. The minimum Gasteiger partial charge on any atom is -0.377 e. The fraction of sp³-hybridized carbons (Fsp3) is 0.613. The van der Waals surface area contributed by atoms with Gasteiger partial charge in [-0.25, -0.2) is 14.6 Å². The Bertz CT molecular complexity index is 1500. The highest BCUT2D eigenvalue weighted by Crippen LogP contribution is 2.38. The first-order valence-electron chi connectivity index (χ1n) is 15.7. The Hall–Kier alpha value is -3.60. The molecule has 3 fully saturated rings. The highest BCUT2D eigenvalue weighted by atomic mass is 16.5. The number of nitrogens with one attached hydrogen (secondary N) is 1. The van der Waals surface area contributed by atoms with E-state index in [1.165, 1.54) is 50.5 Å². The first kappa shape index (κ1) is 27.2. The number of aromatic nitrogens is 8. The first-order valence-corrected chi connectivity index (χ1v) is 15.7. The maximum atomic E-state index is 6.02. The minimum absolute atomic E-state index is 0.0718. The number of ether oxygens (including phenoxy) is 1. The van der Waals surface area contributed by atoms with Crippen molar-refractivity contribution in [1.29, 1.82) is 0 Å². The highest BCUT2D eigenvalue weighted by molar-refractivity contribution is 5.87. The molecule has 0 amide bonds. The van der Waals surface area contributed by atoms with Crippen molar-refractivity contribution in [3.05, 3.63) is 35.9 Å². The second-order valence-corrected chi connectivity index (χ2v) is 12.7. The molecule has 4 aromatic rings. The van der Waals surface area contributed by atoms with E-state index in [2.05, 4.69) is 74.5 Å². The predicted octanol–water partition coefficient (Wildman–Crippen LogP) is 5.02. The standard InChI is InChI=1S/C31H42N10O/c1-20-12-14-22(15-13-20)18-41-26-27(32-21(2)23-10-7-11-23)33-29(30-36-37-38-39(30)3)34-28(26)35-31(41)40-16-17-42-19-25(40)24-8-5-4-6-9-24/h4-6,8-9,20-23,25H,7,10-19H2,1-3H3,(H,32,33,34)/t20-,21-,22-,25+/m1/s1. The molecule has 3 aliphatic rings. The van der Waals surface area contributed by atoms with Gasteiger partial charge >= 0.3 is 0 Å². The van der Waals surface area contributed by atoms with Gasteiger partial charge in [-0.2, -0.15) is 4.98 Å². The Morgan fingerprint density at radius 3 is 2.55 bits per heavy atom. The van der Waals surface area contributed by atoms with Crippen LogP contribution < -0.4 is 10.2 Å². The number of benzene rings is 1. The van der Waals surface area contributed by atoms with Gasteiger partial charge in [0, 0.05) is 26.2 Å². The number of hydrogen-bond acceptors (Lipinski definition) is 9. The molecule has 222 valence electrons. The second kappa shape index (κ2) is 11.6. The van der Waals surface area contributed by atoms with Gasteiger partial charge in [0.2, 0.25) is 17.6 Å².